The van der Waals surface area contributed by atoms with Crippen LogP contribution in [0.15, 0.2) is 59.4 Å². The minimum Gasteiger partial charge on any atom is -0.343 e. The molecule has 2 aromatic heterocycles. The highest BCUT2D eigenvalue weighted by molar-refractivity contribution is 6.34. The van der Waals surface area contributed by atoms with Crippen molar-refractivity contribution < 1.29 is 9.18 Å². The van der Waals surface area contributed by atoms with Gasteiger partial charge in [-0.15, -0.1) is 0 Å². The summed E-state index contributed by atoms with van der Waals surface area (Å²) in [5, 5.41) is 7.91. The highest BCUT2D eigenvalue weighted by Crippen LogP contribution is 2.29. The van der Waals surface area contributed by atoms with Crippen molar-refractivity contribution in [2.75, 3.05) is 6.54 Å². The minimum absolute atomic E-state index is 0.0291. The zero-order chi connectivity index (χ0) is 27.4. The molecule has 0 saturated heterocycles. The Morgan fingerprint density at radius 2 is 1.92 bits per heavy atom. The van der Waals surface area contributed by atoms with E-state index < -0.39 is 11.9 Å². The van der Waals surface area contributed by atoms with Crippen molar-refractivity contribution in [2.45, 2.75) is 52.6 Å². The molecule has 0 fully saturated rings. The smallest absolute Gasteiger partial charge is 0.343 e. The number of aryl methyl sites for hydroxylation is 2. The van der Waals surface area contributed by atoms with Crippen LogP contribution in [0.5, 0.6) is 0 Å². The summed E-state index contributed by atoms with van der Waals surface area (Å²) in [5.41, 5.74) is 8.91. The Kier molecular flexibility index (Phi) is 8.64. The second-order valence-corrected chi connectivity index (χ2v) is 10.0. The summed E-state index contributed by atoms with van der Waals surface area (Å²) in [6.45, 7) is 6.53. The second-order valence-electron chi connectivity index (χ2n) is 9.65. The zero-order valence-corrected chi connectivity index (χ0v) is 22.6. The first-order valence-electron chi connectivity index (χ1n) is 12.9. The summed E-state index contributed by atoms with van der Waals surface area (Å²) in [4.78, 5) is 27.4. The van der Waals surface area contributed by atoms with Gasteiger partial charge in [-0.2, -0.15) is 9.61 Å². The number of nitrogens with zero attached hydrogens (tertiary/aromatic N) is 3. The van der Waals surface area contributed by atoms with Crippen molar-refractivity contribution in [1.29, 1.82) is 0 Å². The predicted molar refractivity (Wildman–Crippen MR) is 148 cm³/mol. The van der Waals surface area contributed by atoms with E-state index in [0.717, 1.165) is 12.0 Å². The second kappa shape index (κ2) is 11.9. The lowest BCUT2D eigenvalue weighted by Gasteiger charge is -2.28. The molecule has 2 aromatic carbocycles. The van der Waals surface area contributed by atoms with Gasteiger partial charge in [0.15, 0.2) is 0 Å². The molecule has 2 unspecified atom stereocenters. The Labute approximate surface area is 226 Å². The zero-order valence-electron chi connectivity index (χ0n) is 21.9. The molecule has 38 heavy (non-hydrogen) atoms. The van der Waals surface area contributed by atoms with Crippen LogP contribution in [0.2, 0.25) is 5.02 Å². The van der Waals surface area contributed by atoms with Gasteiger partial charge in [-0.05, 0) is 67.6 Å². The topological polar surface area (TPSA) is 94.4 Å². The largest absolute Gasteiger partial charge is 0.349 e. The Morgan fingerprint density at radius 3 is 2.61 bits per heavy atom. The number of nitrogens with two attached hydrogens (primary N) is 1. The number of carbonyl (C=O) groups is 1. The average molecular weight is 538 g/mol. The summed E-state index contributed by atoms with van der Waals surface area (Å²) in [6, 6.07) is 15.1. The molecule has 9 heteroatoms. The lowest BCUT2D eigenvalue weighted by Crippen LogP contribution is -2.39. The van der Waals surface area contributed by atoms with E-state index in [9.17, 15) is 14.0 Å². The van der Waals surface area contributed by atoms with Crippen LogP contribution in [0.4, 0.5) is 4.39 Å². The van der Waals surface area contributed by atoms with E-state index >= 15 is 0 Å². The van der Waals surface area contributed by atoms with Gasteiger partial charge in [-0.3, -0.25) is 9.36 Å². The van der Waals surface area contributed by atoms with E-state index in [0.29, 0.717) is 59.0 Å². The molecule has 0 aliphatic carbocycles. The third kappa shape index (κ3) is 5.66. The molecule has 0 bridgehead atoms. The number of nitrogens with one attached hydrogen (secondary N) is 1. The summed E-state index contributed by atoms with van der Waals surface area (Å²) < 4.78 is 17.0. The molecular weight excluding hydrogens is 505 g/mol. The maximum absolute atomic E-state index is 14.0. The molecule has 7 nitrogen and oxygen atoms in total. The van der Waals surface area contributed by atoms with Crippen LogP contribution in [0.25, 0.3) is 5.52 Å². The fourth-order valence-corrected chi connectivity index (χ4v) is 4.84. The predicted octanol–water partition coefficient (Wildman–Crippen LogP) is 5.05. The van der Waals surface area contributed by atoms with Crippen molar-refractivity contribution in [1.82, 2.24) is 19.5 Å². The SMILES string of the molecule is CCC(C)C(NC(=O)c1ccc(F)cc1CCCN)c1cc2c(Cl)c(C)nn2c(=O)n1Cc1ccccc1. The minimum atomic E-state index is -0.521. The van der Waals surface area contributed by atoms with Gasteiger partial charge >= 0.3 is 5.69 Å². The van der Waals surface area contributed by atoms with Crippen molar-refractivity contribution in [3.63, 3.8) is 0 Å². The number of benzene rings is 2. The first kappa shape index (κ1) is 27.5. The maximum Gasteiger partial charge on any atom is 0.349 e. The quantitative estimate of drug-likeness (QED) is 0.296. The van der Waals surface area contributed by atoms with E-state index in [1.165, 1.54) is 22.7 Å². The van der Waals surface area contributed by atoms with Gasteiger partial charge in [0, 0.05) is 11.3 Å². The van der Waals surface area contributed by atoms with Gasteiger partial charge in [0.2, 0.25) is 0 Å². The molecule has 0 spiro atoms. The number of hydrogen-bond donors (Lipinski definition) is 2. The molecule has 2 atom stereocenters. The number of halogens is 2. The number of rotatable bonds is 10. The third-order valence-corrected chi connectivity index (χ3v) is 7.46. The molecule has 3 N–H and O–H groups in total. The van der Waals surface area contributed by atoms with Gasteiger partial charge in [0.05, 0.1) is 28.8 Å². The summed E-state index contributed by atoms with van der Waals surface area (Å²) in [7, 11) is 0. The molecular formula is C29H33ClFN5O2. The Bertz CT molecular complexity index is 1500. The van der Waals surface area contributed by atoms with Crippen LogP contribution >= 0.6 is 11.6 Å². The van der Waals surface area contributed by atoms with E-state index in [4.69, 9.17) is 17.3 Å². The third-order valence-electron chi connectivity index (χ3n) is 6.99. The van der Waals surface area contributed by atoms with E-state index in [1.807, 2.05) is 50.2 Å². The van der Waals surface area contributed by atoms with Crippen molar-refractivity contribution in [3.8, 4) is 0 Å². The number of aromatic nitrogens is 3. The highest BCUT2D eigenvalue weighted by atomic mass is 35.5. The molecule has 0 radical (unpaired) electrons. The standard InChI is InChI=1S/C29H33ClFN5O2/c1-4-18(2)27(33-28(37)23-13-12-22(31)15-21(23)11-8-14-32)25-16-24-26(30)19(3)34-36(24)29(38)35(25)17-20-9-6-5-7-10-20/h5-7,9-10,12-13,15-16,18,27H,4,8,11,14,17,32H2,1-3H3,(H,33,37). The van der Waals surface area contributed by atoms with Crippen molar-refractivity contribution in [2.24, 2.45) is 11.7 Å². The van der Waals surface area contributed by atoms with Gasteiger partial charge in [0.25, 0.3) is 5.91 Å². The molecule has 1 amide bonds. The number of hydrogen-bond acceptors (Lipinski definition) is 4. The maximum atomic E-state index is 14.0. The summed E-state index contributed by atoms with van der Waals surface area (Å²) >= 11 is 6.54. The van der Waals surface area contributed by atoms with Crippen LogP contribution in [0, 0.1) is 18.7 Å². The highest BCUT2D eigenvalue weighted by Gasteiger charge is 2.27. The molecule has 4 rings (SSSR count). The molecule has 0 saturated carbocycles. The normalized spacial score (nSPS) is 13.0. The van der Waals surface area contributed by atoms with E-state index in [2.05, 4.69) is 10.4 Å². The fraction of sp³-hybridized carbons (Fsp3) is 0.345. The molecule has 200 valence electrons. The first-order valence-corrected chi connectivity index (χ1v) is 13.2. The van der Waals surface area contributed by atoms with Gasteiger partial charge in [-0.1, -0.05) is 62.2 Å². The fourth-order valence-electron chi connectivity index (χ4n) is 4.67. The lowest BCUT2D eigenvalue weighted by molar-refractivity contribution is 0.0919. The van der Waals surface area contributed by atoms with Crippen LogP contribution < -0.4 is 16.7 Å². The Hall–Kier alpha value is -3.49. The molecule has 2 heterocycles. The Morgan fingerprint density at radius 1 is 1.18 bits per heavy atom. The van der Waals surface area contributed by atoms with Gasteiger partial charge in [-0.25, -0.2) is 9.18 Å². The van der Waals surface area contributed by atoms with Crippen LogP contribution in [-0.2, 0) is 13.0 Å². The van der Waals surface area contributed by atoms with Crippen LogP contribution in [-0.4, -0.2) is 26.6 Å². The molecule has 4 aromatic rings. The average Bonchev–Trinajstić information content (AvgIpc) is 3.21. The van der Waals surface area contributed by atoms with Crippen LogP contribution in [0.3, 0.4) is 0 Å². The van der Waals surface area contributed by atoms with Gasteiger partial charge < -0.3 is 11.1 Å². The summed E-state index contributed by atoms with van der Waals surface area (Å²) in [6.07, 6.45) is 1.86. The lowest BCUT2D eigenvalue weighted by atomic mass is 9.94. The monoisotopic (exact) mass is 537 g/mol. The number of fused-ring (bicyclic) bond motifs is 1. The molecule has 0 aliphatic heterocycles. The summed E-state index contributed by atoms with van der Waals surface area (Å²) in [5.74, 6) is -0.768. The number of carbonyl (C=O) groups excluding carboxylic acids is 1. The molecule has 0 aliphatic rings. The Balaban J connectivity index is 1.84. The van der Waals surface area contributed by atoms with Crippen molar-refractivity contribution >= 4 is 23.0 Å². The van der Waals surface area contributed by atoms with Crippen LogP contribution in [0.1, 0.15) is 65.6 Å². The van der Waals surface area contributed by atoms with Gasteiger partial charge in [0.1, 0.15) is 5.82 Å². The number of amides is 1. The van der Waals surface area contributed by atoms with E-state index in [-0.39, 0.29) is 17.5 Å². The van der Waals surface area contributed by atoms with E-state index in [1.54, 1.807) is 11.5 Å². The first-order chi connectivity index (χ1) is 18.2. The van der Waals surface area contributed by atoms with Crippen molar-refractivity contribution in [3.05, 3.63) is 104 Å².